The summed E-state index contributed by atoms with van der Waals surface area (Å²) in [6.45, 7) is 9.98. The van der Waals surface area contributed by atoms with Gasteiger partial charge in [-0.3, -0.25) is 9.59 Å². The average Bonchev–Trinajstić information content (AvgIpc) is 3.31. The van der Waals surface area contributed by atoms with Crippen molar-refractivity contribution in [3.8, 4) is 0 Å². The first-order valence-corrected chi connectivity index (χ1v) is 13.0. The number of benzene rings is 2. The monoisotopic (exact) mass is 474 g/mol. The number of fused-ring (bicyclic) bond motifs is 1. The fraction of sp³-hybridized carbons (Fsp3) is 0.379. The lowest BCUT2D eigenvalue weighted by Crippen LogP contribution is -2.47. The predicted molar refractivity (Wildman–Crippen MR) is 139 cm³/mol. The van der Waals surface area contributed by atoms with Crippen LogP contribution in [0.5, 0.6) is 0 Å². The standard InChI is InChI=1S/C29H34N2O2S/c1-5-17-30(28(33)22-9-7-6-8-10-22)20-26(32)31-18-15-25-24(16-19-34-25)27(31)21-11-13-23(14-12-21)29(2,3)4/h6-14,16,19,27H,5,15,17-18,20H2,1-4H3. The summed E-state index contributed by atoms with van der Waals surface area (Å²) in [4.78, 5) is 31.9. The van der Waals surface area contributed by atoms with Crippen molar-refractivity contribution >= 4 is 23.2 Å². The van der Waals surface area contributed by atoms with Gasteiger partial charge in [0, 0.05) is 23.5 Å². The molecule has 1 atom stereocenters. The highest BCUT2D eigenvalue weighted by molar-refractivity contribution is 7.10. The van der Waals surface area contributed by atoms with Gasteiger partial charge in [-0.1, -0.05) is 70.2 Å². The third-order valence-corrected chi connectivity index (χ3v) is 7.50. The molecule has 0 radical (unpaired) electrons. The summed E-state index contributed by atoms with van der Waals surface area (Å²) < 4.78 is 0. The maximum absolute atomic E-state index is 13.7. The molecule has 1 unspecified atom stereocenters. The van der Waals surface area contributed by atoms with E-state index in [4.69, 9.17) is 0 Å². The summed E-state index contributed by atoms with van der Waals surface area (Å²) in [5, 5.41) is 2.12. The molecule has 0 spiro atoms. The molecule has 178 valence electrons. The minimum atomic E-state index is -0.119. The van der Waals surface area contributed by atoms with Gasteiger partial charge in [0.1, 0.15) is 6.54 Å². The van der Waals surface area contributed by atoms with E-state index >= 15 is 0 Å². The molecule has 2 amide bonds. The first kappa shape index (κ1) is 24.2. The second kappa shape index (κ2) is 10.1. The molecule has 0 bridgehead atoms. The van der Waals surface area contributed by atoms with Crippen molar-refractivity contribution in [1.82, 2.24) is 9.80 Å². The molecule has 34 heavy (non-hydrogen) atoms. The molecule has 0 aliphatic carbocycles. The normalized spacial score (nSPS) is 15.6. The van der Waals surface area contributed by atoms with Gasteiger partial charge in [-0.15, -0.1) is 11.3 Å². The molecular formula is C29H34N2O2S. The lowest BCUT2D eigenvalue weighted by atomic mass is 9.85. The predicted octanol–water partition coefficient (Wildman–Crippen LogP) is 6.07. The lowest BCUT2D eigenvalue weighted by molar-refractivity contribution is -0.134. The molecule has 2 aromatic carbocycles. The quantitative estimate of drug-likeness (QED) is 0.435. The molecule has 5 heteroatoms. The maximum Gasteiger partial charge on any atom is 0.254 e. The Balaban J connectivity index is 1.62. The highest BCUT2D eigenvalue weighted by Crippen LogP contribution is 2.38. The zero-order chi connectivity index (χ0) is 24.3. The SMILES string of the molecule is CCCN(CC(=O)N1CCc2sccc2C1c1ccc(C(C)(C)C)cc1)C(=O)c1ccccc1. The maximum atomic E-state index is 13.7. The van der Waals surface area contributed by atoms with Crippen molar-refractivity contribution < 1.29 is 9.59 Å². The molecule has 4 nitrogen and oxygen atoms in total. The summed E-state index contributed by atoms with van der Waals surface area (Å²) in [7, 11) is 0. The minimum Gasteiger partial charge on any atom is -0.330 e. The van der Waals surface area contributed by atoms with Crippen LogP contribution in [0.4, 0.5) is 0 Å². The highest BCUT2D eigenvalue weighted by Gasteiger charge is 2.34. The van der Waals surface area contributed by atoms with Gasteiger partial charge in [-0.25, -0.2) is 0 Å². The van der Waals surface area contributed by atoms with Crippen LogP contribution in [0, 0.1) is 0 Å². The van der Waals surface area contributed by atoms with Crippen LogP contribution in [-0.4, -0.2) is 41.2 Å². The number of amides is 2. The van der Waals surface area contributed by atoms with Crippen molar-refractivity contribution in [3.63, 3.8) is 0 Å². The molecule has 4 rings (SSSR count). The van der Waals surface area contributed by atoms with Gasteiger partial charge in [-0.05, 0) is 58.5 Å². The Morgan fingerprint density at radius 1 is 1.03 bits per heavy atom. The number of thiophene rings is 1. The highest BCUT2D eigenvalue weighted by atomic mass is 32.1. The number of hydrogen-bond donors (Lipinski definition) is 0. The zero-order valence-corrected chi connectivity index (χ0v) is 21.4. The Labute approximate surface area is 207 Å². The van der Waals surface area contributed by atoms with Crippen molar-refractivity contribution in [2.24, 2.45) is 0 Å². The van der Waals surface area contributed by atoms with E-state index in [0.717, 1.165) is 18.4 Å². The van der Waals surface area contributed by atoms with Crippen molar-refractivity contribution in [2.75, 3.05) is 19.6 Å². The van der Waals surface area contributed by atoms with E-state index in [1.165, 1.54) is 16.0 Å². The lowest BCUT2D eigenvalue weighted by Gasteiger charge is -2.38. The Hall–Kier alpha value is -2.92. The van der Waals surface area contributed by atoms with Crippen LogP contribution in [0.2, 0.25) is 0 Å². The summed E-state index contributed by atoms with van der Waals surface area (Å²) in [6, 6.07) is 20.0. The molecule has 1 aliphatic heterocycles. The Kier molecular flexibility index (Phi) is 7.22. The van der Waals surface area contributed by atoms with Gasteiger partial charge >= 0.3 is 0 Å². The summed E-state index contributed by atoms with van der Waals surface area (Å²) in [5.74, 6) is -0.0883. The second-order valence-corrected chi connectivity index (χ2v) is 11.0. The molecule has 3 aromatic rings. The van der Waals surface area contributed by atoms with Crippen LogP contribution in [0.15, 0.2) is 66.0 Å². The summed E-state index contributed by atoms with van der Waals surface area (Å²) >= 11 is 1.77. The van der Waals surface area contributed by atoms with Crippen molar-refractivity contribution in [1.29, 1.82) is 0 Å². The summed E-state index contributed by atoms with van der Waals surface area (Å²) in [5.41, 5.74) is 4.31. The molecule has 0 saturated heterocycles. The number of hydrogen-bond acceptors (Lipinski definition) is 3. The molecule has 0 fully saturated rings. The largest absolute Gasteiger partial charge is 0.330 e. The van der Waals surface area contributed by atoms with E-state index in [0.29, 0.717) is 18.7 Å². The van der Waals surface area contributed by atoms with Crippen molar-refractivity contribution in [2.45, 2.75) is 52.0 Å². The van der Waals surface area contributed by atoms with Crippen LogP contribution in [0.25, 0.3) is 0 Å². The van der Waals surface area contributed by atoms with E-state index < -0.39 is 0 Å². The number of carbonyl (C=O) groups excluding carboxylic acids is 2. The Morgan fingerprint density at radius 3 is 2.38 bits per heavy atom. The molecular weight excluding hydrogens is 440 g/mol. The Bertz CT molecular complexity index is 1130. The molecule has 1 aromatic heterocycles. The Morgan fingerprint density at radius 2 is 1.74 bits per heavy atom. The van der Waals surface area contributed by atoms with Gasteiger partial charge in [-0.2, -0.15) is 0 Å². The smallest absolute Gasteiger partial charge is 0.254 e. The van der Waals surface area contributed by atoms with E-state index in [-0.39, 0.29) is 29.8 Å². The zero-order valence-electron chi connectivity index (χ0n) is 20.6. The summed E-state index contributed by atoms with van der Waals surface area (Å²) in [6.07, 6.45) is 1.66. The first-order valence-electron chi connectivity index (χ1n) is 12.1. The van der Waals surface area contributed by atoms with E-state index in [9.17, 15) is 9.59 Å². The van der Waals surface area contributed by atoms with E-state index in [2.05, 4.69) is 56.5 Å². The van der Waals surface area contributed by atoms with E-state index in [1.54, 1.807) is 16.2 Å². The molecule has 2 heterocycles. The van der Waals surface area contributed by atoms with Gasteiger partial charge in [0.15, 0.2) is 0 Å². The van der Waals surface area contributed by atoms with Crippen molar-refractivity contribution in [3.05, 3.63) is 93.2 Å². The van der Waals surface area contributed by atoms with Gasteiger partial charge < -0.3 is 9.80 Å². The number of nitrogens with zero attached hydrogens (tertiary/aromatic N) is 2. The van der Waals surface area contributed by atoms with Crippen LogP contribution in [0.1, 0.15) is 72.1 Å². The first-order chi connectivity index (χ1) is 16.3. The third kappa shape index (κ3) is 5.10. The van der Waals surface area contributed by atoms with Gasteiger partial charge in [0.2, 0.25) is 5.91 Å². The molecule has 0 N–H and O–H groups in total. The van der Waals surface area contributed by atoms with E-state index in [1.807, 2.05) is 42.2 Å². The number of rotatable bonds is 6. The van der Waals surface area contributed by atoms with Gasteiger partial charge in [0.25, 0.3) is 5.91 Å². The second-order valence-electron chi connectivity index (χ2n) is 10.0. The average molecular weight is 475 g/mol. The van der Waals surface area contributed by atoms with Crippen LogP contribution < -0.4 is 0 Å². The number of carbonyl (C=O) groups is 2. The van der Waals surface area contributed by atoms with Crippen LogP contribution in [-0.2, 0) is 16.6 Å². The molecule has 0 saturated carbocycles. The fourth-order valence-corrected chi connectivity index (χ4v) is 5.55. The third-order valence-electron chi connectivity index (χ3n) is 6.51. The molecule has 1 aliphatic rings. The van der Waals surface area contributed by atoms with Gasteiger partial charge in [0.05, 0.1) is 6.04 Å². The van der Waals surface area contributed by atoms with Crippen LogP contribution in [0.3, 0.4) is 0 Å². The van der Waals surface area contributed by atoms with Crippen LogP contribution >= 0.6 is 11.3 Å². The minimum absolute atomic E-state index is 0.000482. The topological polar surface area (TPSA) is 40.6 Å². The fourth-order valence-electron chi connectivity index (χ4n) is 4.65.